The van der Waals surface area contributed by atoms with Gasteiger partial charge in [-0.2, -0.15) is 0 Å². The first-order chi connectivity index (χ1) is 6.58. The van der Waals surface area contributed by atoms with E-state index in [1.807, 2.05) is 4.98 Å². The van der Waals surface area contributed by atoms with Crippen molar-refractivity contribution < 1.29 is 4.42 Å². The van der Waals surface area contributed by atoms with E-state index in [0.717, 1.165) is 0 Å². The standard InChI is InChI=1S/C7H5N3O4/c1-2-8-3-4(6(12)14-2)9-7(13)10-5(3)11/h1H3,(H2,9,10,11,13). The Morgan fingerprint density at radius 3 is 2.64 bits per heavy atom. The molecule has 2 N–H and O–H groups in total. The van der Waals surface area contributed by atoms with E-state index in [9.17, 15) is 14.4 Å². The van der Waals surface area contributed by atoms with Gasteiger partial charge in [-0.15, -0.1) is 0 Å². The minimum Gasteiger partial charge on any atom is -0.407 e. The Bertz CT molecular complexity index is 663. The molecule has 2 aromatic rings. The lowest BCUT2D eigenvalue weighted by Crippen LogP contribution is -2.26. The Morgan fingerprint density at radius 2 is 1.93 bits per heavy atom. The number of H-pyrrole nitrogens is 2. The maximum Gasteiger partial charge on any atom is 0.363 e. The van der Waals surface area contributed by atoms with Gasteiger partial charge in [-0.3, -0.25) is 14.8 Å². The van der Waals surface area contributed by atoms with Gasteiger partial charge in [-0.1, -0.05) is 0 Å². The highest BCUT2D eigenvalue weighted by molar-refractivity contribution is 5.70. The molecule has 0 bridgehead atoms. The molecule has 0 saturated heterocycles. The summed E-state index contributed by atoms with van der Waals surface area (Å²) in [5.41, 5.74) is -2.60. The molecule has 0 atom stereocenters. The quantitative estimate of drug-likeness (QED) is 0.553. The van der Waals surface area contributed by atoms with Crippen LogP contribution in [0.25, 0.3) is 11.0 Å². The predicted molar refractivity (Wildman–Crippen MR) is 46.3 cm³/mol. The molecule has 0 radical (unpaired) electrons. The van der Waals surface area contributed by atoms with E-state index in [1.165, 1.54) is 6.92 Å². The van der Waals surface area contributed by atoms with Crippen LogP contribution in [0.2, 0.25) is 0 Å². The van der Waals surface area contributed by atoms with Gasteiger partial charge in [0.15, 0.2) is 16.9 Å². The molecule has 14 heavy (non-hydrogen) atoms. The maximum atomic E-state index is 11.2. The molecule has 0 spiro atoms. The largest absolute Gasteiger partial charge is 0.407 e. The third-order valence-electron chi connectivity index (χ3n) is 1.63. The minimum absolute atomic E-state index is 0.0695. The number of hydrogen-bond acceptors (Lipinski definition) is 5. The number of hydrogen-bond donors (Lipinski definition) is 2. The number of aromatic amines is 2. The van der Waals surface area contributed by atoms with E-state index >= 15 is 0 Å². The molecule has 0 aliphatic carbocycles. The second kappa shape index (κ2) is 2.66. The number of aryl methyl sites for hydroxylation is 1. The SMILES string of the molecule is Cc1nc2c(=O)[nH]c(=O)[nH]c2c(=O)o1. The number of fused-ring (bicyclic) bond motifs is 1. The van der Waals surface area contributed by atoms with Gasteiger partial charge in [-0.05, 0) is 0 Å². The second-order valence-corrected chi connectivity index (χ2v) is 2.65. The highest BCUT2D eigenvalue weighted by Crippen LogP contribution is 1.95. The molecule has 0 amide bonds. The number of nitrogens with zero attached hydrogens (tertiary/aromatic N) is 1. The van der Waals surface area contributed by atoms with Crippen molar-refractivity contribution in [2.75, 3.05) is 0 Å². The molecule has 0 fully saturated rings. The van der Waals surface area contributed by atoms with Crippen molar-refractivity contribution in [2.45, 2.75) is 6.92 Å². The van der Waals surface area contributed by atoms with Crippen molar-refractivity contribution in [2.24, 2.45) is 0 Å². The van der Waals surface area contributed by atoms with Crippen LogP contribution in [0.1, 0.15) is 5.89 Å². The van der Waals surface area contributed by atoms with Crippen LogP contribution in [-0.2, 0) is 0 Å². The summed E-state index contributed by atoms with van der Waals surface area (Å²) in [6.07, 6.45) is 0. The van der Waals surface area contributed by atoms with Crippen LogP contribution in [0, 0.1) is 6.92 Å². The van der Waals surface area contributed by atoms with Gasteiger partial charge < -0.3 is 4.42 Å². The molecule has 72 valence electrons. The predicted octanol–water partition coefficient (Wildman–Crippen LogP) is -1.13. The Balaban J connectivity index is 3.18. The van der Waals surface area contributed by atoms with Crippen LogP contribution in [-0.4, -0.2) is 15.0 Å². The summed E-state index contributed by atoms with van der Waals surface area (Å²) in [5, 5.41) is 0. The van der Waals surface area contributed by atoms with Gasteiger partial charge in [0.2, 0.25) is 0 Å². The first-order valence-electron chi connectivity index (χ1n) is 3.72. The zero-order valence-electron chi connectivity index (χ0n) is 7.08. The molecule has 7 nitrogen and oxygen atoms in total. The van der Waals surface area contributed by atoms with Gasteiger partial charge in [0.25, 0.3) is 5.56 Å². The van der Waals surface area contributed by atoms with E-state index in [4.69, 9.17) is 0 Å². The lowest BCUT2D eigenvalue weighted by atomic mass is 10.4. The molecule has 0 saturated carbocycles. The summed E-state index contributed by atoms with van der Waals surface area (Å²) in [6, 6.07) is 0. The van der Waals surface area contributed by atoms with Gasteiger partial charge in [0, 0.05) is 6.92 Å². The minimum atomic E-state index is -0.782. The van der Waals surface area contributed by atoms with Crippen LogP contribution in [0.15, 0.2) is 18.8 Å². The Hall–Kier alpha value is -2.18. The lowest BCUT2D eigenvalue weighted by molar-refractivity contribution is 0.465. The summed E-state index contributed by atoms with van der Waals surface area (Å²) >= 11 is 0. The van der Waals surface area contributed by atoms with Crippen LogP contribution in [0.4, 0.5) is 0 Å². The molecular weight excluding hydrogens is 190 g/mol. The van der Waals surface area contributed by atoms with Gasteiger partial charge in [0.1, 0.15) is 0 Å². The summed E-state index contributed by atoms with van der Waals surface area (Å²) in [4.78, 5) is 41.0. The molecule has 2 heterocycles. The second-order valence-electron chi connectivity index (χ2n) is 2.65. The van der Waals surface area contributed by atoms with Crippen LogP contribution in [0.3, 0.4) is 0 Å². The average Bonchev–Trinajstić information content (AvgIpc) is 2.07. The van der Waals surface area contributed by atoms with Gasteiger partial charge >= 0.3 is 11.3 Å². The summed E-state index contributed by atoms with van der Waals surface area (Å²) < 4.78 is 4.61. The third-order valence-corrected chi connectivity index (χ3v) is 1.63. The van der Waals surface area contributed by atoms with Crippen molar-refractivity contribution >= 4 is 11.0 Å². The fourth-order valence-corrected chi connectivity index (χ4v) is 1.10. The zero-order valence-corrected chi connectivity index (χ0v) is 7.08. The Kier molecular flexibility index (Phi) is 1.60. The highest BCUT2D eigenvalue weighted by atomic mass is 16.4. The van der Waals surface area contributed by atoms with Crippen LogP contribution in [0.5, 0.6) is 0 Å². The van der Waals surface area contributed by atoms with Crippen molar-refractivity contribution in [1.29, 1.82) is 0 Å². The number of nitrogens with one attached hydrogen (secondary N) is 2. The summed E-state index contributed by atoms with van der Waals surface area (Å²) in [5.74, 6) is 0.0695. The normalized spacial score (nSPS) is 10.6. The molecule has 0 aliphatic heterocycles. The first kappa shape index (κ1) is 8.42. The van der Waals surface area contributed by atoms with Crippen molar-refractivity contribution in [3.8, 4) is 0 Å². The van der Waals surface area contributed by atoms with E-state index in [-0.39, 0.29) is 16.9 Å². The molecule has 0 aromatic carbocycles. The van der Waals surface area contributed by atoms with Crippen molar-refractivity contribution in [3.63, 3.8) is 0 Å². The summed E-state index contributed by atoms with van der Waals surface area (Å²) in [6.45, 7) is 1.44. The third kappa shape index (κ3) is 1.15. The fraction of sp³-hybridized carbons (Fsp3) is 0.143. The first-order valence-corrected chi connectivity index (χ1v) is 3.72. The Labute approximate surface area is 75.4 Å². The average molecular weight is 195 g/mol. The van der Waals surface area contributed by atoms with E-state index in [2.05, 4.69) is 14.4 Å². The number of rotatable bonds is 0. The van der Waals surface area contributed by atoms with Gasteiger partial charge in [0.05, 0.1) is 0 Å². The maximum absolute atomic E-state index is 11.2. The van der Waals surface area contributed by atoms with E-state index in [0.29, 0.717) is 0 Å². The molecule has 0 aliphatic rings. The van der Waals surface area contributed by atoms with Crippen molar-refractivity contribution in [3.05, 3.63) is 37.1 Å². The van der Waals surface area contributed by atoms with Crippen LogP contribution >= 0.6 is 0 Å². The topological polar surface area (TPSA) is 109 Å². The zero-order chi connectivity index (χ0) is 10.3. The molecule has 2 rings (SSSR count). The summed E-state index contributed by atoms with van der Waals surface area (Å²) in [7, 11) is 0. The molecular formula is C7H5N3O4. The smallest absolute Gasteiger partial charge is 0.363 e. The van der Waals surface area contributed by atoms with Gasteiger partial charge in [-0.25, -0.2) is 14.6 Å². The number of aromatic nitrogens is 3. The highest BCUT2D eigenvalue weighted by Gasteiger charge is 2.07. The lowest BCUT2D eigenvalue weighted by Gasteiger charge is -1.94. The Morgan fingerprint density at radius 1 is 1.21 bits per heavy atom. The molecule has 0 unspecified atom stereocenters. The monoisotopic (exact) mass is 195 g/mol. The van der Waals surface area contributed by atoms with E-state index in [1.54, 1.807) is 0 Å². The molecule has 2 aromatic heterocycles. The fourth-order valence-electron chi connectivity index (χ4n) is 1.10. The van der Waals surface area contributed by atoms with Crippen LogP contribution < -0.4 is 16.9 Å². The molecule has 7 heteroatoms. The van der Waals surface area contributed by atoms with Crippen molar-refractivity contribution in [1.82, 2.24) is 15.0 Å². The van der Waals surface area contributed by atoms with E-state index < -0.39 is 16.9 Å².